The molecule has 1 amide bonds. The monoisotopic (exact) mass is 276 g/mol. The number of nitrogens with one attached hydrogen (secondary N) is 1. The van der Waals surface area contributed by atoms with Crippen molar-refractivity contribution >= 4 is 5.91 Å². The van der Waals surface area contributed by atoms with Crippen molar-refractivity contribution in [2.24, 2.45) is 11.1 Å². The summed E-state index contributed by atoms with van der Waals surface area (Å²) in [6, 6.07) is 5.52. The minimum absolute atomic E-state index is 0.0426. The Labute approximate surface area is 120 Å². The van der Waals surface area contributed by atoms with Crippen molar-refractivity contribution in [3.05, 3.63) is 29.3 Å². The highest BCUT2D eigenvalue weighted by Gasteiger charge is 2.32. The molecule has 4 heteroatoms. The molecule has 110 valence electrons. The molecule has 3 N–H and O–H groups in total. The fourth-order valence-electron chi connectivity index (χ4n) is 2.62. The van der Waals surface area contributed by atoms with Gasteiger partial charge in [0.1, 0.15) is 5.75 Å². The molecule has 0 saturated heterocycles. The van der Waals surface area contributed by atoms with Crippen molar-refractivity contribution in [1.82, 2.24) is 5.32 Å². The highest BCUT2D eigenvalue weighted by Crippen LogP contribution is 2.36. The summed E-state index contributed by atoms with van der Waals surface area (Å²) in [6.45, 7) is 5.93. The summed E-state index contributed by atoms with van der Waals surface area (Å²) >= 11 is 0. The molecule has 0 radical (unpaired) electrons. The Morgan fingerprint density at radius 3 is 2.75 bits per heavy atom. The fraction of sp³-hybridized carbons (Fsp3) is 0.562. The number of hydrogen-bond acceptors (Lipinski definition) is 3. The minimum atomic E-state index is -0.503. The Bertz CT molecular complexity index is 506. The third-order valence-electron chi connectivity index (χ3n) is 3.98. The Kier molecular flexibility index (Phi) is 4.04. The number of benzene rings is 1. The van der Waals surface area contributed by atoms with Gasteiger partial charge in [0, 0.05) is 0 Å². The van der Waals surface area contributed by atoms with Crippen LogP contribution in [0.3, 0.4) is 0 Å². The van der Waals surface area contributed by atoms with E-state index in [2.05, 4.69) is 11.4 Å². The molecule has 0 fully saturated rings. The molecule has 1 aromatic rings. The summed E-state index contributed by atoms with van der Waals surface area (Å²) in [5.74, 6) is 0.817. The average molecular weight is 276 g/mol. The van der Waals surface area contributed by atoms with Crippen molar-refractivity contribution in [3.8, 4) is 5.75 Å². The van der Waals surface area contributed by atoms with Gasteiger partial charge in [0.25, 0.3) is 0 Å². The second-order valence-corrected chi connectivity index (χ2v) is 6.47. The van der Waals surface area contributed by atoms with Crippen molar-refractivity contribution in [2.45, 2.75) is 45.7 Å². The smallest absolute Gasteiger partial charge is 0.237 e. The van der Waals surface area contributed by atoms with Crippen molar-refractivity contribution in [1.29, 1.82) is 0 Å². The molecule has 0 spiro atoms. The first-order valence-corrected chi connectivity index (χ1v) is 7.06. The molecular formula is C16H24N2O2. The summed E-state index contributed by atoms with van der Waals surface area (Å²) in [5.41, 5.74) is 8.13. The molecular weight excluding hydrogens is 252 g/mol. The molecule has 0 saturated carbocycles. The van der Waals surface area contributed by atoms with Crippen LogP contribution < -0.4 is 15.8 Å². The van der Waals surface area contributed by atoms with E-state index in [-0.39, 0.29) is 17.4 Å². The van der Waals surface area contributed by atoms with Crippen LogP contribution in [0.15, 0.2) is 18.2 Å². The van der Waals surface area contributed by atoms with E-state index in [1.807, 2.05) is 32.9 Å². The summed E-state index contributed by atoms with van der Waals surface area (Å²) in [4.78, 5) is 12.2. The van der Waals surface area contributed by atoms with Gasteiger partial charge in [0.15, 0.2) is 0 Å². The van der Waals surface area contributed by atoms with Gasteiger partial charge in [0.05, 0.1) is 19.2 Å². The van der Waals surface area contributed by atoms with Crippen molar-refractivity contribution < 1.29 is 9.53 Å². The first-order chi connectivity index (χ1) is 9.34. The van der Waals surface area contributed by atoms with Crippen LogP contribution in [0.4, 0.5) is 0 Å². The molecule has 1 unspecified atom stereocenters. The number of amides is 1. The maximum absolute atomic E-state index is 12.2. The summed E-state index contributed by atoms with van der Waals surface area (Å²) < 4.78 is 5.37. The predicted octanol–water partition coefficient (Wildman–Crippen LogP) is 2.17. The average Bonchev–Trinajstić information content (AvgIpc) is 2.80. The SMILES string of the molecule is COc1cccc2c1CCC2NC(=O)[C@@H](N)C(C)(C)C. The van der Waals surface area contributed by atoms with Gasteiger partial charge in [-0.15, -0.1) is 0 Å². The van der Waals surface area contributed by atoms with Crippen LogP contribution in [0, 0.1) is 5.41 Å². The number of carbonyl (C=O) groups excluding carboxylic acids is 1. The second-order valence-electron chi connectivity index (χ2n) is 6.47. The maximum Gasteiger partial charge on any atom is 0.237 e. The predicted molar refractivity (Wildman–Crippen MR) is 79.6 cm³/mol. The number of rotatable bonds is 3. The van der Waals surface area contributed by atoms with Crippen LogP contribution in [-0.2, 0) is 11.2 Å². The fourth-order valence-corrected chi connectivity index (χ4v) is 2.62. The summed E-state index contributed by atoms with van der Waals surface area (Å²) in [7, 11) is 1.68. The Balaban J connectivity index is 2.14. The van der Waals surface area contributed by atoms with Gasteiger partial charge in [-0.25, -0.2) is 0 Å². The number of ether oxygens (including phenoxy) is 1. The lowest BCUT2D eigenvalue weighted by Crippen LogP contribution is -2.49. The van der Waals surface area contributed by atoms with Crippen LogP contribution >= 0.6 is 0 Å². The van der Waals surface area contributed by atoms with E-state index in [9.17, 15) is 4.79 Å². The topological polar surface area (TPSA) is 64.3 Å². The first kappa shape index (κ1) is 14.9. The van der Waals surface area contributed by atoms with E-state index < -0.39 is 6.04 Å². The standard InChI is InChI=1S/C16H24N2O2/c1-16(2,3)14(17)15(19)18-12-9-8-11-10(12)6-5-7-13(11)20-4/h5-7,12,14H,8-9,17H2,1-4H3,(H,18,19)/t12?,14-/m1/s1. The van der Waals surface area contributed by atoms with Crippen LogP contribution in [0.25, 0.3) is 0 Å². The van der Waals surface area contributed by atoms with Crippen molar-refractivity contribution in [2.75, 3.05) is 7.11 Å². The van der Waals surface area contributed by atoms with E-state index in [0.717, 1.165) is 24.2 Å². The quantitative estimate of drug-likeness (QED) is 0.889. The maximum atomic E-state index is 12.2. The highest BCUT2D eigenvalue weighted by atomic mass is 16.5. The van der Waals surface area contributed by atoms with Gasteiger partial charge < -0.3 is 15.8 Å². The molecule has 0 aromatic heterocycles. The van der Waals surface area contributed by atoms with E-state index in [1.165, 1.54) is 5.56 Å². The Morgan fingerprint density at radius 2 is 2.15 bits per heavy atom. The highest BCUT2D eigenvalue weighted by molar-refractivity contribution is 5.83. The van der Waals surface area contributed by atoms with Crippen LogP contribution in [-0.4, -0.2) is 19.1 Å². The summed E-state index contributed by atoms with van der Waals surface area (Å²) in [6.07, 6.45) is 1.83. The van der Waals surface area contributed by atoms with Crippen LogP contribution in [0.5, 0.6) is 5.75 Å². The molecule has 0 bridgehead atoms. The van der Waals surface area contributed by atoms with Crippen molar-refractivity contribution in [3.63, 3.8) is 0 Å². The molecule has 1 aromatic carbocycles. The van der Waals surface area contributed by atoms with Gasteiger partial charge >= 0.3 is 0 Å². The molecule has 1 aliphatic carbocycles. The zero-order chi connectivity index (χ0) is 14.9. The molecule has 0 heterocycles. The lowest BCUT2D eigenvalue weighted by atomic mass is 9.86. The zero-order valence-corrected chi connectivity index (χ0v) is 12.7. The van der Waals surface area contributed by atoms with E-state index in [1.54, 1.807) is 7.11 Å². The third-order valence-corrected chi connectivity index (χ3v) is 3.98. The molecule has 20 heavy (non-hydrogen) atoms. The van der Waals surface area contributed by atoms with E-state index >= 15 is 0 Å². The largest absolute Gasteiger partial charge is 0.496 e. The molecule has 1 aliphatic rings. The van der Waals surface area contributed by atoms with E-state index in [4.69, 9.17) is 10.5 Å². The Morgan fingerprint density at radius 1 is 1.45 bits per heavy atom. The van der Waals surface area contributed by atoms with E-state index in [0.29, 0.717) is 0 Å². The normalized spacial score (nSPS) is 19.4. The third kappa shape index (κ3) is 2.80. The second kappa shape index (κ2) is 5.44. The Hall–Kier alpha value is -1.55. The van der Waals surface area contributed by atoms with Crippen LogP contribution in [0.2, 0.25) is 0 Å². The number of hydrogen-bond donors (Lipinski definition) is 2. The number of fused-ring (bicyclic) bond motifs is 1. The van der Waals surface area contributed by atoms with Gasteiger partial charge in [-0.2, -0.15) is 0 Å². The molecule has 2 rings (SSSR count). The van der Waals surface area contributed by atoms with Gasteiger partial charge in [-0.1, -0.05) is 32.9 Å². The number of nitrogens with two attached hydrogens (primary N) is 1. The lowest BCUT2D eigenvalue weighted by Gasteiger charge is -2.27. The molecule has 4 nitrogen and oxygen atoms in total. The molecule has 0 aliphatic heterocycles. The minimum Gasteiger partial charge on any atom is -0.496 e. The van der Waals surface area contributed by atoms with Crippen LogP contribution in [0.1, 0.15) is 44.4 Å². The van der Waals surface area contributed by atoms with Gasteiger partial charge in [-0.3, -0.25) is 4.79 Å². The van der Waals surface area contributed by atoms with Gasteiger partial charge in [-0.05, 0) is 35.4 Å². The van der Waals surface area contributed by atoms with Gasteiger partial charge in [0.2, 0.25) is 5.91 Å². The first-order valence-electron chi connectivity index (χ1n) is 7.06. The zero-order valence-electron chi connectivity index (χ0n) is 12.7. The molecule has 2 atom stereocenters. The summed E-state index contributed by atoms with van der Waals surface area (Å²) in [5, 5.41) is 3.07. The number of carbonyl (C=O) groups is 1. The number of methoxy groups -OCH3 is 1. The lowest BCUT2D eigenvalue weighted by molar-refractivity contribution is -0.125.